The average molecular weight is 732 g/mol. The molecule has 1 saturated heterocycles. The van der Waals surface area contributed by atoms with Crippen LogP contribution in [0, 0.1) is 11.2 Å². The van der Waals surface area contributed by atoms with Crippen molar-refractivity contribution in [3.8, 4) is 17.2 Å². The standard InChI is InChI=1S/C40H54FN7O5/c1-8-48(27(2)3)37(49)30-19-28(41)11-12-33(30)52-35-22-42-26-44-36(35)47-24-40(25-47)20-29(21-40)51-34-13-15-43-32-14-18-46(23-31(32)34)17-10-9-16-45(7)38(50)53-39(4,5)6/h11-13,15,19,22,26-27,29H,8-10,14,16-18,20-21,23-25H2,1-7H3. The zero-order valence-corrected chi connectivity index (χ0v) is 32.2. The molecule has 0 bridgehead atoms. The van der Waals surface area contributed by atoms with Crippen molar-refractivity contribution >= 4 is 17.8 Å². The average Bonchev–Trinajstić information content (AvgIpc) is 3.07. The molecule has 0 unspecified atom stereocenters. The maximum atomic E-state index is 14.3. The Bertz CT molecular complexity index is 1770. The Morgan fingerprint density at radius 2 is 1.85 bits per heavy atom. The van der Waals surface area contributed by atoms with Gasteiger partial charge in [-0.1, -0.05) is 0 Å². The molecule has 1 aliphatic carbocycles. The Morgan fingerprint density at radius 3 is 2.57 bits per heavy atom. The van der Waals surface area contributed by atoms with E-state index in [1.807, 2.05) is 53.8 Å². The van der Waals surface area contributed by atoms with Crippen molar-refractivity contribution in [1.82, 2.24) is 29.7 Å². The quantitative estimate of drug-likeness (QED) is 0.176. The molecule has 53 heavy (non-hydrogen) atoms. The Balaban J connectivity index is 1.01. The highest BCUT2D eigenvalue weighted by Gasteiger charge is 2.54. The molecule has 0 N–H and O–H groups in total. The van der Waals surface area contributed by atoms with Gasteiger partial charge in [-0.25, -0.2) is 19.2 Å². The lowest BCUT2D eigenvalue weighted by atomic mass is 9.61. The molecule has 1 saturated carbocycles. The Hall–Kier alpha value is -4.52. The first-order valence-corrected chi connectivity index (χ1v) is 18.9. The Morgan fingerprint density at radius 1 is 1.08 bits per heavy atom. The van der Waals surface area contributed by atoms with Crippen LogP contribution in [0.3, 0.4) is 0 Å². The third kappa shape index (κ3) is 9.00. The number of amides is 2. The molecule has 2 fully saturated rings. The number of hydrogen-bond acceptors (Lipinski definition) is 10. The minimum atomic E-state index is -0.502. The van der Waals surface area contributed by atoms with E-state index in [-0.39, 0.29) is 40.9 Å². The number of rotatable bonds is 13. The lowest BCUT2D eigenvalue weighted by Crippen LogP contribution is -2.65. The van der Waals surface area contributed by atoms with E-state index < -0.39 is 11.4 Å². The molecule has 0 atom stereocenters. The highest BCUT2D eigenvalue weighted by Crippen LogP contribution is 2.52. The number of hydrogen-bond donors (Lipinski definition) is 0. The predicted octanol–water partition coefficient (Wildman–Crippen LogP) is 6.73. The van der Waals surface area contributed by atoms with Crippen LogP contribution in [0.1, 0.15) is 88.8 Å². The molecule has 3 aliphatic rings. The van der Waals surface area contributed by atoms with Gasteiger partial charge in [-0.05, 0) is 98.0 Å². The molecular formula is C40H54FN7O5. The van der Waals surface area contributed by atoms with Crippen LogP contribution in [0.4, 0.5) is 15.0 Å². The van der Waals surface area contributed by atoms with E-state index in [0.29, 0.717) is 24.7 Å². The van der Waals surface area contributed by atoms with Gasteiger partial charge in [0.25, 0.3) is 5.91 Å². The smallest absolute Gasteiger partial charge is 0.410 e. The maximum Gasteiger partial charge on any atom is 0.410 e. The molecule has 2 aliphatic heterocycles. The first-order valence-electron chi connectivity index (χ1n) is 18.9. The summed E-state index contributed by atoms with van der Waals surface area (Å²) in [5, 5.41) is 0. The highest BCUT2D eigenvalue weighted by molar-refractivity contribution is 5.97. The number of anilines is 1. The van der Waals surface area contributed by atoms with Crippen molar-refractivity contribution < 1.29 is 28.2 Å². The first kappa shape index (κ1) is 38.2. The van der Waals surface area contributed by atoms with Gasteiger partial charge >= 0.3 is 6.09 Å². The van der Waals surface area contributed by atoms with Crippen LogP contribution in [-0.4, -0.2) is 106 Å². The van der Waals surface area contributed by atoms with Crippen LogP contribution >= 0.6 is 0 Å². The minimum absolute atomic E-state index is 0.0484. The van der Waals surface area contributed by atoms with Crippen LogP contribution in [0.2, 0.25) is 0 Å². The van der Waals surface area contributed by atoms with Crippen molar-refractivity contribution in [3.05, 3.63) is 65.6 Å². The first-order chi connectivity index (χ1) is 25.2. The predicted molar refractivity (Wildman–Crippen MR) is 200 cm³/mol. The monoisotopic (exact) mass is 731 g/mol. The summed E-state index contributed by atoms with van der Waals surface area (Å²) < 4.78 is 32.7. The summed E-state index contributed by atoms with van der Waals surface area (Å²) in [4.78, 5) is 47.0. The van der Waals surface area contributed by atoms with Crippen LogP contribution in [0.25, 0.3) is 0 Å². The van der Waals surface area contributed by atoms with E-state index in [1.165, 1.54) is 30.1 Å². The van der Waals surface area contributed by atoms with Gasteiger partial charge in [0, 0.05) is 81.6 Å². The van der Waals surface area contributed by atoms with Crippen LogP contribution < -0.4 is 14.4 Å². The van der Waals surface area contributed by atoms with Crippen molar-refractivity contribution in [1.29, 1.82) is 0 Å². The fraction of sp³-hybridized carbons (Fsp3) is 0.575. The minimum Gasteiger partial charge on any atom is -0.490 e. The lowest BCUT2D eigenvalue weighted by molar-refractivity contribution is -0.0352. The van der Waals surface area contributed by atoms with Gasteiger partial charge in [-0.15, -0.1) is 0 Å². The molecule has 6 rings (SSSR count). The third-order valence-electron chi connectivity index (χ3n) is 10.3. The molecular weight excluding hydrogens is 677 g/mol. The van der Waals surface area contributed by atoms with Crippen LogP contribution in [0.15, 0.2) is 43.0 Å². The second kappa shape index (κ2) is 15.8. The zero-order valence-electron chi connectivity index (χ0n) is 32.2. The summed E-state index contributed by atoms with van der Waals surface area (Å²) in [5.41, 5.74) is 2.09. The largest absolute Gasteiger partial charge is 0.490 e. The number of unbranched alkanes of at least 4 members (excludes halogenated alkanes) is 1. The second-order valence-electron chi connectivity index (χ2n) is 16.0. The Kier molecular flexibility index (Phi) is 11.4. The van der Waals surface area contributed by atoms with E-state index in [4.69, 9.17) is 14.2 Å². The van der Waals surface area contributed by atoms with E-state index in [1.54, 1.807) is 23.0 Å². The third-order valence-corrected chi connectivity index (χ3v) is 10.3. The van der Waals surface area contributed by atoms with Gasteiger partial charge in [-0.3, -0.25) is 14.7 Å². The number of halogens is 1. The van der Waals surface area contributed by atoms with Crippen molar-refractivity contribution in [3.63, 3.8) is 0 Å². The maximum absolute atomic E-state index is 14.3. The number of aromatic nitrogens is 3. The fourth-order valence-corrected chi connectivity index (χ4v) is 7.62. The van der Waals surface area contributed by atoms with E-state index in [0.717, 1.165) is 76.3 Å². The molecule has 12 nitrogen and oxygen atoms in total. The van der Waals surface area contributed by atoms with Crippen LogP contribution in [0.5, 0.6) is 17.2 Å². The van der Waals surface area contributed by atoms with E-state index in [9.17, 15) is 14.0 Å². The molecule has 1 spiro atoms. The topological polar surface area (TPSA) is 113 Å². The molecule has 13 heteroatoms. The summed E-state index contributed by atoms with van der Waals surface area (Å²) in [6.45, 7) is 16.9. The number of benzene rings is 1. The van der Waals surface area contributed by atoms with Gasteiger partial charge in [0.1, 0.15) is 35.3 Å². The second-order valence-corrected chi connectivity index (χ2v) is 16.0. The van der Waals surface area contributed by atoms with Crippen molar-refractivity contribution in [2.45, 2.75) is 97.9 Å². The van der Waals surface area contributed by atoms with E-state index in [2.05, 4.69) is 24.8 Å². The fourth-order valence-electron chi connectivity index (χ4n) is 7.62. The van der Waals surface area contributed by atoms with Gasteiger partial charge in [0.05, 0.1) is 11.8 Å². The van der Waals surface area contributed by atoms with Gasteiger partial charge in [0.15, 0.2) is 11.6 Å². The SMILES string of the molecule is CCN(C(=O)c1cc(F)ccc1Oc1cncnc1N1CC2(CC(Oc3ccnc4c3CN(CCCCN(C)C(=O)OC(C)(C)C)CC4)C2)C1)C(C)C. The van der Waals surface area contributed by atoms with Gasteiger partial charge in [-0.2, -0.15) is 0 Å². The molecule has 4 heterocycles. The molecule has 3 aromatic rings. The van der Waals surface area contributed by atoms with Crippen molar-refractivity contribution in [2.75, 3.05) is 51.2 Å². The molecule has 286 valence electrons. The highest BCUT2D eigenvalue weighted by atomic mass is 19.1. The molecule has 2 amide bonds. The number of carbonyl (C=O) groups excluding carboxylic acids is 2. The van der Waals surface area contributed by atoms with E-state index >= 15 is 0 Å². The zero-order chi connectivity index (χ0) is 37.9. The van der Waals surface area contributed by atoms with Gasteiger partial charge in [0.2, 0.25) is 0 Å². The molecule has 0 radical (unpaired) electrons. The summed E-state index contributed by atoms with van der Waals surface area (Å²) in [6, 6.07) is 5.96. The number of carbonyl (C=O) groups is 2. The van der Waals surface area contributed by atoms with Crippen LogP contribution in [-0.2, 0) is 17.7 Å². The van der Waals surface area contributed by atoms with Crippen molar-refractivity contribution in [2.24, 2.45) is 5.41 Å². The van der Waals surface area contributed by atoms with Gasteiger partial charge < -0.3 is 28.9 Å². The summed E-state index contributed by atoms with van der Waals surface area (Å²) >= 11 is 0. The number of nitrogens with zero attached hydrogens (tertiary/aromatic N) is 7. The number of fused-ring (bicyclic) bond motifs is 1. The molecule has 2 aromatic heterocycles. The summed E-state index contributed by atoms with van der Waals surface area (Å²) in [6.07, 6.45) is 9.44. The number of pyridine rings is 1. The molecule has 1 aromatic carbocycles. The summed E-state index contributed by atoms with van der Waals surface area (Å²) in [7, 11) is 1.79. The normalized spacial score (nSPS) is 16.8. The Labute approximate surface area is 312 Å². The summed E-state index contributed by atoms with van der Waals surface area (Å²) in [5.74, 6) is 1.47. The lowest BCUT2D eigenvalue weighted by Gasteiger charge is -2.59. The number of ether oxygens (including phenoxy) is 3.